The van der Waals surface area contributed by atoms with Crippen LogP contribution in [0.5, 0.6) is 0 Å². The molecule has 0 saturated heterocycles. The summed E-state index contributed by atoms with van der Waals surface area (Å²) in [5.74, 6) is -0.573. The van der Waals surface area contributed by atoms with Crippen molar-refractivity contribution in [3.63, 3.8) is 0 Å². The minimum absolute atomic E-state index is 0.133. The van der Waals surface area contributed by atoms with Crippen LogP contribution in [-0.2, 0) is 0 Å². The van der Waals surface area contributed by atoms with Gasteiger partial charge in [0.25, 0.3) is 11.6 Å². The first-order chi connectivity index (χ1) is 16.4. The standard InChI is InChI=1S/C22H16ClN7O3S/c1-14(15-3-2-4-17(11-15)29-13-24-27-28-29)25-26-22(31)20-12-18(30(32)33)7-10-21(20)34-19-8-5-16(23)6-9-19/h2-13H,1H3,(H,26,31)/b25-14+. The molecular weight excluding hydrogens is 478 g/mol. The number of nitro benzene ring substituents is 1. The van der Waals surface area contributed by atoms with E-state index in [0.717, 1.165) is 16.1 Å². The Morgan fingerprint density at radius 2 is 1.94 bits per heavy atom. The molecule has 4 rings (SSSR count). The number of carbonyl (C=O) groups excluding carboxylic acids is 1. The van der Waals surface area contributed by atoms with Crippen molar-refractivity contribution < 1.29 is 9.72 Å². The summed E-state index contributed by atoms with van der Waals surface area (Å²) in [6, 6.07) is 18.5. The Balaban J connectivity index is 1.58. The zero-order chi connectivity index (χ0) is 24.1. The number of nitro groups is 1. The van der Waals surface area contributed by atoms with Gasteiger partial charge in [-0.05, 0) is 65.4 Å². The van der Waals surface area contributed by atoms with E-state index < -0.39 is 10.8 Å². The number of carbonyl (C=O) groups is 1. The second kappa shape index (κ2) is 10.2. The molecular formula is C22H16ClN7O3S. The minimum atomic E-state index is -0.573. The van der Waals surface area contributed by atoms with Crippen molar-refractivity contribution in [1.29, 1.82) is 0 Å². The smallest absolute Gasteiger partial charge is 0.267 e. The number of benzene rings is 3. The average molecular weight is 494 g/mol. The SMILES string of the molecule is C/C(=N\NC(=O)c1cc([N+](=O)[O-])ccc1Sc1ccc(Cl)cc1)c1cccc(-n2cnnn2)c1. The Morgan fingerprint density at radius 3 is 2.65 bits per heavy atom. The van der Waals surface area contributed by atoms with Gasteiger partial charge in [-0.1, -0.05) is 35.5 Å². The molecule has 0 aliphatic carbocycles. The first-order valence-corrected chi connectivity index (χ1v) is 11.0. The molecule has 0 atom stereocenters. The van der Waals surface area contributed by atoms with E-state index in [1.807, 2.05) is 24.3 Å². The van der Waals surface area contributed by atoms with Crippen LogP contribution in [0.15, 0.2) is 87.9 Å². The number of aromatic nitrogens is 4. The Kier molecular flexibility index (Phi) is 6.95. The molecule has 4 aromatic rings. The minimum Gasteiger partial charge on any atom is -0.267 e. The van der Waals surface area contributed by atoms with Crippen LogP contribution in [0.25, 0.3) is 5.69 Å². The van der Waals surface area contributed by atoms with Gasteiger partial charge < -0.3 is 0 Å². The summed E-state index contributed by atoms with van der Waals surface area (Å²) in [6.07, 6.45) is 1.47. The lowest BCUT2D eigenvalue weighted by Gasteiger charge is -2.09. The van der Waals surface area contributed by atoms with Gasteiger partial charge >= 0.3 is 0 Å². The van der Waals surface area contributed by atoms with Crippen LogP contribution in [0.1, 0.15) is 22.8 Å². The monoisotopic (exact) mass is 493 g/mol. The normalized spacial score (nSPS) is 11.3. The van der Waals surface area contributed by atoms with Crippen molar-refractivity contribution in [2.45, 2.75) is 16.7 Å². The summed E-state index contributed by atoms with van der Waals surface area (Å²) in [7, 11) is 0. The number of nitrogens with zero attached hydrogens (tertiary/aromatic N) is 6. The van der Waals surface area contributed by atoms with Crippen LogP contribution >= 0.6 is 23.4 Å². The molecule has 1 heterocycles. The number of hydrogen-bond donors (Lipinski definition) is 1. The Hall–Kier alpha value is -4.09. The van der Waals surface area contributed by atoms with Gasteiger partial charge in [0.05, 0.1) is 21.9 Å². The van der Waals surface area contributed by atoms with Gasteiger partial charge in [-0.3, -0.25) is 14.9 Å². The highest BCUT2D eigenvalue weighted by atomic mass is 35.5. The summed E-state index contributed by atoms with van der Waals surface area (Å²) >= 11 is 7.23. The van der Waals surface area contributed by atoms with Crippen LogP contribution in [0.4, 0.5) is 5.69 Å². The predicted octanol–water partition coefficient (Wildman–Crippen LogP) is 4.53. The molecule has 3 aromatic carbocycles. The highest BCUT2D eigenvalue weighted by Crippen LogP contribution is 2.33. The molecule has 0 aliphatic rings. The maximum absolute atomic E-state index is 13.0. The first-order valence-electron chi connectivity index (χ1n) is 9.81. The van der Waals surface area contributed by atoms with Gasteiger partial charge in [0.15, 0.2) is 0 Å². The third-order valence-corrected chi connectivity index (χ3v) is 6.00. The predicted molar refractivity (Wildman–Crippen MR) is 128 cm³/mol. The van der Waals surface area contributed by atoms with Crippen LogP contribution in [0.3, 0.4) is 0 Å². The van der Waals surface area contributed by atoms with Crippen molar-refractivity contribution in [2.24, 2.45) is 5.10 Å². The topological polar surface area (TPSA) is 128 Å². The summed E-state index contributed by atoms with van der Waals surface area (Å²) in [5.41, 5.74) is 4.43. The second-order valence-electron chi connectivity index (χ2n) is 6.94. The molecule has 0 spiro atoms. The molecule has 0 unspecified atom stereocenters. The van der Waals surface area contributed by atoms with Crippen molar-refractivity contribution in [1.82, 2.24) is 25.6 Å². The van der Waals surface area contributed by atoms with Crippen molar-refractivity contribution in [2.75, 3.05) is 0 Å². The molecule has 0 saturated carbocycles. The van der Waals surface area contributed by atoms with Crippen LogP contribution in [0.2, 0.25) is 5.02 Å². The zero-order valence-corrected chi connectivity index (χ0v) is 19.2. The van der Waals surface area contributed by atoms with Crippen LogP contribution in [-0.4, -0.2) is 36.7 Å². The Labute approximate surface area is 202 Å². The van der Waals surface area contributed by atoms with E-state index in [1.54, 1.807) is 37.3 Å². The fourth-order valence-corrected chi connectivity index (χ4v) is 3.99. The zero-order valence-electron chi connectivity index (χ0n) is 17.6. The third kappa shape index (κ3) is 5.45. The molecule has 1 amide bonds. The molecule has 0 bridgehead atoms. The van der Waals surface area contributed by atoms with Crippen LogP contribution < -0.4 is 5.43 Å². The summed E-state index contributed by atoms with van der Waals surface area (Å²) in [4.78, 5) is 25.1. The third-order valence-electron chi connectivity index (χ3n) is 4.66. The van der Waals surface area contributed by atoms with Gasteiger partial charge in [0.2, 0.25) is 0 Å². The Bertz CT molecular complexity index is 1380. The quantitative estimate of drug-likeness (QED) is 0.227. The van der Waals surface area contributed by atoms with E-state index >= 15 is 0 Å². The van der Waals surface area contributed by atoms with E-state index in [-0.39, 0.29) is 11.3 Å². The fourth-order valence-electron chi connectivity index (χ4n) is 2.94. The van der Waals surface area contributed by atoms with E-state index in [2.05, 4.69) is 26.1 Å². The second-order valence-corrected chi connectivity index (χ2v) is 8.49. The number of rotatable bonds is 7. The number of hydrogen-bond acceptors (Lipinski definition) is 8. The van der Waals surface area contributed by atoms with Gasteiger partial charge in [-0.15, -0.1) is 5.10 Å². The fraction of sp³-hybridized carbons (Fsp3) is 0.0455. The van der Waals surface area contributed by atoms with Crippen LogP contribution in [0, 0.1) is 10.1 Å². The lowest BCUT2D eigenvalue weighted by atomic mass is 10.1. The number of halogens is 1. The van der Waals surface area contributed by atoms with Crippen molar-refractivity contribution >= 4 is 40.7 Å². The Morgan fingerprint density at radius 1 is 1.15 bits per heavy atom. The number of hydrazone groups is 1. The molecule has 10 nitrogen and oxygen atoms in total. The number of tetrazole rings is 1. The molecule has 1 N–H and O–H groups in total. The summed E-state index contributed by atoms with van der Waals surface area (Å²) in [6.45, 7) is 1.73. The molecule has 34 heavy (non-hydrogen) atoms. The van der Waals surface area contributed by atoms with Crippen molar-refractivity contribution in [3.8, 4) is 5.69 Å². The molecule has 1 aromatic heterocycles. The summed E-state index contributed by atoms with van der Waals surface area (Å²) < 4.78 is 1.50. The van der Waals surface area contributed by atoms with Gasteiger partial charge in [-0.25, -0.2) is 10.1 Å². The van der Waals surface area contributed by atoms with Gasteiger partial charge in [0, 0.05) is 26.9 Å². The lowest BCUT2D eigenvalue weighted by molar-refractivity contribution is -0.384. The number of nitrogens with one attached hydrogen (secondary N) is 1. The molecule has 12 heteroatoms. The lowest BCUT2D eigenvalue weighted by Crippen LogP contribution is -2.20. The van der Waals surface area contributed by atoms with Gasteiger partial charge in [0.1, 0.15) is 6.33 Å². The molecule has 170 valence electrons. The van der Waals surface area contributed by atoms with E-state index in [0.29, 0.717) is 15.6 Å². The maximum atomic E-state index is 13.0. The molecule has 0 fully saturated rings. The van der Waals surface area contributed by atoms with E-state index in [4.69, 9.17) is 11.6 Å². The average Bonchev–Trinajstić information content (AvgIpc) is 3.39. The van der Waals surface area contributed by atoms with E-state index in [9.17, 15) is 14.9 Å². The van der Waals surface area contributed by atoms with Crippen molar-refractivity contribution in [3.05, 3.63) is 99.3 Å². The van der Waals surface area contributed by atoms with Gasteiger partial charge in [-0.2, -0.15) is 5.10 Å². The highest BCUT2D eigenvalue weighted by molar-refractivity contribution is 7.99. The summed E-state index contributed by atoms with van der Waals surface area (Å²) in [5, 5.41) is 27.1. The number of non-ortho nitro benzene ring substituents is 1. The molecule has 0 aliphatic heterocycles. The first kappa shape index (κ1) is 23.1. The number of amides is 1. The largest absolute Gasteiger partial charge is 0.272 e. The maximum Gasteiger partial charge on any atom is 0.272 e. The molecule has 0 radical (unpaired) electrons. The van der Waals surface area contributed by atoms with E-state index in [1.165, 1.54) is 34.9 Å². The highest BCUT2D eigenvalue weighted by Gasteiger charge is 2.18.